The minimum atomic E-state index is -4.57. The number of nitro groups is 1. The Morgan fingerprint density at radius 1 is 0.760 bits per heavy atom. The summed E-state index contributed by atoms with van der Waals surface area (Å²) in [6, 6.07) is 6.51. The molecule has 9 nitrogen and oxygen atoms in total. The van der Waals surface area contributed by atoms with E-state index < -0.39 is 66.4 Å². The van der Waals surface area contributed by atoms with Crippen LogP contribution in [-0.4, -0.2) is 47.2 Å². The molecule has 3 rings (SSSR count). The molecule has 0 fully saturated rings. The van der Waals surface area contributed by atoms with Gasteiger partial charge in [-0.25, -0.2) is 14.3 Å². The van der Waals surface area contributed by atoms with Crippen LogP contribution in [0.2, 0.25) is 0 Å². The van der Waals surface area contributed by atoms with Crippen LogP contribution in [0.3, 0.4) is 0 Å². The van der Waals surface area contributed by atoms with E-state index in [1.165, 1.54) is 31.5 Å². The van der Waals surface area contributed by atoms with Crippen LogP contribution in [0.4, 0.5) is 39.5 Å². The summed E-state index contributed by atoms with van der Waals surface area (Å²) in [4.78, 5) is 20.1. The van der Waals surface area contributed by atoms with Crippen LogP contribution in [-0.2, 0) is 39.1 Å². The highest BCUT2D eigenvalue weighted by atomic mass is 32.2. The van der Waals surface area contributed by atoms with Crippen molar-refractivity contribution in [3.8, 4) is 0 Å². The van der Waals surface area contributed by atoms with Crippen molar-refractivity contribution in [3.05, 3.63) is 98.9 Å². The maximum atomic E-state index is 12.3. The van der Waals surface area contributed by atoms with Gasteiger partial charge >= 0.3 is 18.5 Å². The highest BCUT2D eigenvalue weighted by Gasteiger charge is 2.34. The van der Waals surface area contributed by atoms with Gasteiger partial charge in [-0.15, -0.1) is 0 Å². The van der Waals surface area contributed by atoms with Crippen LogP contribution >= 0.6 is 11.8 Å². The van der Waals surface area contributed by atoms with E-state index in [1.54, 1.807) is 18.7 Å². The summed E-state index contributed by atoms with van der Waals surface area (Å²) < 4.78 is 136. The lowest BCUT2D eigenvalue weighted by atomic mass is 10.2. The van der Waals surface area contributed by atoms with Gasteiger partial charge < -0.3 is 0 Å². The first-order valence-electron chi connectivity index (χ1n) is 13.1. The number of rotatable bonds is 7. The van der Waals surface area contributed by atoms with Crippen molar-refractivity contribution in [2.24, 2.45) is 4.47 Å². The minimum absolute atomic E-state index is 0. The molecule has 0 N–H and O–H groups in total. The summed E-state index contributed by atoms with van der Waals surface area (Å²) in [6.45, 7) is 4.98. The highest BCUT2D eigenvalue weighted by Crippen LogP contribution is 2.31. The lowest BCUT2D eigenvalue weighted by Gasteiger charge is -2.12. The molecule has 3 aromatic rings. The van der Waals surface area contributed by atoms with Crippen molar-refractivity contribution in [2.45, 2.75) is 69.9 Å². The van der Waals surface area contributed by atoms with Crippen LogP contribution in [0.5, 0.6) is 0 Å². The molecule has 5 atom stereocenters. The Morgan fingerprint density at radius 2 is 1.10 bits per heavy atom. The number of alkyl halides is 9. The first kappa shape index (κ1) is 48.8. The minimum Gasteiger partial charge on any atom is -0.259 e. The van der Waals surface area contributed by atoms with Gasteiger partial charge in [-0.2, -0.15) is 51.3 Å². The molecule has 21 heteroatoms. The van der Waals surface area contributed by atoms with Gasteiger partial charge in [0.15, 0.2) is 5.03 Å². The van der Waals surface area contributed by atoms with Crippen molar-refractivity contribution in [3.63, 3.8) is 0 Å². The van der Waals surface area contributed by atoms with Gasteiger partial charge in [-0.05, 0) is 61.9 Å². The number of pyridine rings is 3. The van der Waals surface area contributed by atoms with E-state index in [0.29, 0.717) is 5.56 Å². The van der Waals surface area contributed by atoms with Gasteiger partial charge in [-0.3, -0.25) is 19.2 Å². The van der Waals surface area contributed by atoms with Crippen molar-refractivity contribution in [2.75, 3.05) is 18.8 Å². The van der Waals surface area contributed by atoms with Crippen LogP contribution in [0.25, 0.3) is 0 Å². The van der Waals surface area contributed by atoms with Crippen LogP contribution < -0.4 is 0 Å². The molecule has 0 bridgehead atoms. The number of thioether (sulfide) groups is 1. The maximum absolute atomic E-state index is 12.3. The topological polar surface area (TPSA) is 128 Å². The zero-order valence-electron chi connectivity index (χ0n) is 25.9. The normalized spacial score (nSPS) is 15.0. The highest BCUT2D eigenvalue weighted by molar-refractivity contribution is 7.98. The largest absolute Gasteiger partial charge is 0.433 e. The van der Waals surface area contributed by atoms with Crippen molar-refractivity contribution in [1.82, 2.24) is 15.0 Å². The first-order valence-corrected chi connectivity index (χ1v) is 18.0. The smallest absolute Gasteiger partial charge is 0.259 e. The van der Waals surface area contributed by atoms with Crippen molar-refractivity contribution < 1.29 is 53.0 Å². The fraction of sp³-hybridized carbons (Fsp3) is 0.483. The molecule has 0 saturated heterocycles. The molecule has 50 heavy (non-hydrogen) atoms. The SMILES string of the molecule is C.C.CC(c1ccc(C(F)(F)F)nc1)S(C)(=O)=N[N+](=O)[O-].CC(c1ccc(C(F)(F)F)nc1)S(C)=O.CSC(C)c1ccc(C(F)(F)F)nc1. The van der Waals surface area contributed by atoms with Gasteiger partial charge in [0.05, 0.1) is 10.5 Å². The maximum Gasteiger partial charge on any atom is 0.433 e. The van der Waals surface area contributed by atoms with E-state index in [9.17, 15) is 58.0 Å². The van der Waals surface area contributed by atoms with Crippen molar-refractivity contribution >= 4 is 32.3 Å². The molecule has 0 aliphatic heterocycles. The van der Waals surface area contributed by atoms with Crippen LogP contribution in [0.1, 0.15) is 85.1 Å². The van der Waals surface area contributed by atoms with Crippen LogP contribution in [0, 0.1) is 10.1 Å². The average molecular weight is 788 g/mol. The van der Waals surface area contributed by atoms with Gasteiger partial charge in [0, 0.05) is 47.2 Å². The monoisotopic (exact) mass is 787 g/mol. The average Bonchev–Trinajstić information content (AvgIpc) is 2.98. The second kappa shape index (κ2) is 19.9. The van der Waals surface area contributed by atoms with E-state index in [0.717, 1.165) is 48.5 Å². The summed E-state index contributed by atoms with van der Waals surface area (Å²) in [5, 5.41) is 8.11. The van der Waals surface area contributed by atoms with E-state index in [-0.39, 0.29) is 30.9 Å². The Kier molecular flexibility index (Phi) is 19.4. The predicted octanol–water partition coefficient (Wildman–Crippen LogP) is 9.79. The Hall–Kier alpha value is -3.33. The van der Waals surface area contributed by atoms with Gasteiger partial charge in [-0.1, -0.05) is 33.1 Å². The number of halogens is 9. The predicted molar refractivity (Wildman–Crippen MR) is 177 cm³/mol. The third kappa shape index (κ3) is 15.7. The molecule has 0 amide bonds. The Bertz CT molecular complexity index is 1630. The molecule has 0 saturated carbocycles. The molecular weight excluding hydrogens is 750 g/mol. The Morgan fingerprint density at radius 3 is 1.36 bits per heavy atom. The van der Waals surface area contributed by atoms with Gasteiger partial charge in [0.1, 0.15) is 31.3 Å². The number of hydrogen-bond donors (Lipinski definition) is 0. The molecule has 5 unspecified atom stereocenters. The van der Waals surface area contributed by atoms with E-state index in [2.05, 4.69) is 19.4 Å². The third-order valence-electron chi connectivity index (χ3n) is 6.37. The van der Waals surface area contributed by atoms with E-state index in [1.807, 2.05) is 13.2 Å². The zero-order valence-corrected chi connectivity index (χ0v) is 28.4. The summed E-state index contributed by atoms with van der Waals surface area (Å²) in [5.41, 5.74) is -1.31. The first-order chi connectivity index (χ1) is 21.8. The number of hydrogen-bond acceptors (Lipinski definition) is 8. The molecule has 0 aliphatic rings. The quantitative estimate of drug-likeness (QED) is 0.132. The molecule has 3 aromatic heterocycles. The lowest BCUT2D eigenvalue weighted by Crippen LogP contribution is -2.12. The van der Waals surface area contributed by atoms with Gasteiger partial charge in [0.2, 0.25) is 0 Å². The molecule has 3 heterocycles. The van der Waals surface area contributed by atoms with E-state index >= 15 is 0 Å². The summed E-state index contributed by atoms with van der Waals surface area (Å²) in [7, 11) is -4.32. The molecule has 284 valence electrons. The van der Waals surface area contributed by atoms with E-state index in [4.69, 9.17) is 0 Å². The number of aromatic nitrogens is 3. The summed E-state index contributed by atoms with van der Waals surface area (Å²) >= 11 is 1.57. The fourth-order valence-corrected chi connectivity index (χ4v) is 5.21. The Labute approximate surface area is 291 Å². The Balaban J connectivity index is 0. The molecule has 0 aromatic carbocycles. The number of nitrogens with zero attached hydrogens (tertiary/aromatic N) is 5. The zero-order chi connectivity index (χ0) is 37.3. The molecular formula is C29H38F9N5O4S3. The third-order valence-corrected chi connectivity index (χ3v) is 10.7. The molecule has 0 spiro atoms. The molecule has 0 aliphatic carbocycles. The fourth-order valence-electron chi connectivity index (χ4n) is 3.22. The summed E-state index contributed by atoms with van der Waals surface area (Å²) in [5.74, 6) is 0. The second-order valence-electron chi connectivity index (χ2n) is 9.77. The molecule has 0 radical (unpaired) electrons. The second-order valence-corrected chi connectivity index (χ2v) is 15.2. The lowest BCUT2D eigenvalue weighted by molar-refractivity contribution is -0.482. The summed E-state index contributed by atoms with van der Waals surface area (Å²) in [6.07, 6.45) is -5.57. The standard InChI is InChI=1S/C9H10F3N3O3S.C9H10F3NOS.C9H10F3NS.2CH4/c1-6(19(2,18)14-15(16)17)7-3-4-8(13-5-7)9(10,11)12;1-6(15(2)14)7-3-4-8(13-5-7)9(10,11)12;1-6(14-2)7-3-4-8(13-5-7)9(10,11)12;;/h3-6H,1-2H3;3-6H,1-2H3;3-6H,1-2H3;2*1H4. The van der Waals surface area contributed by atoms with Crippen molar-refractivity contribution in [1.29, 1.82) is 0 Å². The van der Waals surface area contributed by atoms with Gasteiger partial charge in [0.25, 0.3) is 0 Å². The van der Waals surface area contributed by atoms with Crippen LogP contribution in [0.15, 0.2) is 59.5 Å².